The van der Waals surface area contributed by atoms with E-state index in [4.69, 9.17) is 0 Å². The second-order valence-electron chi connectivity index (χ2n) is 2.08. The predicted molar refractivity (Wildman–Crippen MR) is 26.9 cm³/mol. The Bertz CT molecular complexity index is 120. The maximum Gasteiger partial charge on any atom is 0.213 e. The number of nitrogens with one attached hydrogen (secondary N) is 1. The Morgan fingerprint density at radius 3 is 3.12 bits per heavy atom. The summed E-state index contributed by atoms with van der Waals surface area (Å²) in [6.45, 7) is 0. The molecule has 0 saturated heterocycles. The lowest BCUT2D eigenvalue weighted by Gasteiger charge is -2.10. The average Bonchev–Trinajstić information content (AvgIpc) is 2.49. The lowest BCUT2D eigenvalue weighted by molar-refractivity contribution is 0.0229. The third-order valence-corrected chi connectivity index (χ3v) is 1.34. The molecule has 0 aromatic heterocycles. The van der Waals surface area contributed by atoms with Crippen molar-refractivity contribution in [1.29, 1.82) is 0 Å². The van der Waals surface area contributed by atoms with Gasteiger partial charge in [0, 0.05) is 6.04 Å². The maximum atomic E-state index is 4.63. The summed E-state index contributed by atoms with van der Waals surface area (Å²) in [6.07, 6.45) is 6.92. The first-order valence-electron chi connectivity index (χ1n) is 2.75. The van der Waals surface area contributed by atoms with Gasteiger partial charge >= 0.3 is 0 Å². The van der Waals surface area contributed by atoms with Crippen molar-refractivity contribution in [2.45, 2.75) is 18.9 Å². The molecular weight excluding hydrogens is 104 g/mol. The molecule has 2 rings (SSSR count). The summed E-state index contributed by atoms with van der Waals surface area (Å²) in [4.78, 5) is 4.63. The Hall–Kier alpha value is -0.700. The second kappa shape index (κ2) is 1.39. The van der Waals surface area contributed by atoms with Gasteiger partial charge in [-0.05, 0) is 12.8 Å². The van der Waals surface area contributed by atoms with Crippen molar-refractivity contribution in [3.8, 4) is 0 Å². The highest BCUT2D eigenvalue weighted by atomic mass is 16.7. The van der Waals surface area contributed by atoms with Gasteiger partial charge in [-0.1, -0.05) is 5.59 Å². The van der Waals surface area contributed by atoms with Gasteiger partial charge in [-0.15, -0.1) is 0 Å². The highest BCUT2D eigenvalue weighted by Crippen LogP contribution is 2.26. The Morgan fingerprint density at radius 2 is 2.62 bits per heavy atom. The minimum atomic E-state index is 0.671. The lowest BCUT2D eigenvalue weighted by atomic mass is 10.7. The summed E-state index contributed by atoms with van der Waals surface area (Å²) in [5, 5.41) is 1.93. The number of rotatable bonds is 1. The van der Waals surface area contributed by atoms with E-state index in [0.29, 0.717) is 6.04 Å². The zero-order valence-corrected chi connectivity index (χ0v) is 4.42. The molecule has 0 amide bonds. The summed E-state index contributed by atoms with van der Waals surface area (Å²) in [5.74, 6) is 0. The number of hydrogen-bond acceptors (Lipinski definition) is 3. The van der Waals surface area contributed by atoms with E-state index in [9.17, 15) is 0 Å². The molecule has 2 aliphatic rings. The summed E-state index contributed by atoms with van der Waals surface area (Å²) >= 11 is 0. The third kappa shape index (κ3) is 0.554. The standard InChI is InChI=1S/C5H7N2O/c1-2-5(1)7-3-4-8-6-7/h3,5-6H,1-2H2. The van der Waals surface area contributed by atoms with Crippen LogP contribution in [0.4, 0.5) is 0 Å². The topological polar surface area (TPSA) is 24.5 Å². The summed E-state index contributed by atoms with van der Waals surface area (Å²) in [5.41, 5.74) is 2.69. The summed E-state index contributed by atoms with van der Waals surface area (Å²) in [7, 11) is 0. The second-order valence-corrected chi connectivity index (χ2v) is 2.08. The molecule has 1 heterocycles. The fourth-order valence-corrected chi connectivity index (χ4v) is 0.721. The molecule has 1 saturated carbocycles. The van der Waals surface area contributed by atoms with Gasteiger partial charge in [-0.25, -0.2) is 0 Å². The fraction of sp³-hybridized carbons (Fsp3) is 0.600. The van der Waals surface area contributed by atoms with E-state index < -0.39 is 0 Å². The molecule has 1 aliphatic heterocycles. The van der Waals surface area contributed by atoms with E-state index in [1.54, 1.807) is 6.20 Å². The van der Waals surface area contributed by atoms with Crippen LogP contribution in [-0.2, 0) is 4.84 Å². The zero-order chi connectivity index (χ0) is 5.40. The van der Waals surface area contributed by atoms with E-state index in [-0.39, 0.29) is 0 Å². The zero-order valence-electron chi connectivity index (χ0n) is 4.42. The Labute approximate surface area is 47.8 Å². The average molecular weight is 111 g/mol. The van der Waals surface area contributed by atoms with Gasteiger partial charge in [0.2, 0.25) is 6.26 Å². The van der Waals surface area contributed by atoms with Crippen molar-refractivity contribution in [1.82, 2.24) is 10.6 Å². The van der Waals surface area contributed by atoms with Crippen LogP contribution in [0.2, 0.25) is 0 Å². The highest BCUT2D eigenvalue weighted by Gasteiger charge is 2.29. The van der Waals surface area contributed by atoms with Gasteiger partial charge in [-0.2, -0.15) is 0 Å². The summed E-state index contributed by atoms with van der Waals surface area (Å²) in [6, 6.07) is 0.671. The lowest BCUT2D eigenvalue weighted by Crippen LogP contribution is -2.29. The largest absolute Gasteiger partial charge is 0.383 e. The Balaban J connectivity index is 1.95. The minimum Gasteiger partial charge on any atom is -0.383 e. The van der Waals surface area contributed by atoms with Gasteiger partial charge in [0.25, 0.3) is 0 Å². The molecule has 1 N–H and O–H groups in total. The molecule has 1 fully saturated rings. The smallest absolute Gasteiger partial charge is 0.213 e. The molecule has 0 bridgehead atoms. The number of hydrazine groups is 1. The molecule has 1 radical (unpaired) electrons. The van der Waals surface area contributed by atoms with E-state index in [2.05, 4.69) is 16.7 Å². The Kier molecular flexibility index (Phi) is 0.729. The van der Waals surface area contributed by atoms with Gasteiger partial charge in [0.05, 0.1) is 6.20 Å². The third-order valence-electron chi connectivity index (χ3n) is 1.34. The van der Waals surface area contributed by atoms with Crippen LogP contribution in [0.3, 0.4) is 0 Å². The first-order chi connectivity index (χ1) is 3.97. The van der Waals surface area contributed by atoms with Gasteiger partial charge < -0.3 is 4.84 Å². The molecule has 3 heteroatoms. The molecule has 8 heavy (non-hydrogen) atoms. The molecule has 3 nitrogen and oxygen atoms in total. The predicted octanol–water partition coefficient (Wildman–Crippen LogP) is 0.175. The molecule has 43 valence electrons. The van der Waals surface area contributed by atoms with E-state index >= 15 is 0 Å². The van der Waals surface area contributed by atoms with Gasteiger partial charge in [-0.3, -0.25) is 5.01 Å². The van der Waals surface area contributed by atoms with Crippen LogP contribution in [0.5, 0.6) is 0 Å². The molecule has 1 aliphatic carbocycles. The fourth-order valence-electron chi connectivity index (χ4n) is 0.721. The quantitative estimate of drug-likeness (QED) is 0.522. The maximum absolute atomic E-state index is 4.63. The van der Waals surface area contributed by atoms with Gasteiger partial charge in [0.15, 0.2) is 0 Å². The normalized spacial score (nSPS) is 26.2. The van der Waals surface area contributed by atoms with Crippen LogP contribution in [0.15, 0.2) is 6.20 Å². The number of nitrogens with zero attached hydrogens (tertiary/aromatic N) is 1. The van der Waals surface area contributed by atoms with E-state index in [1.165, 1.54) is 12.8 Å². The minimum absolute atomic E-state index is 0.671. The van der Waals surface area contributed by atoms with Crippen molar-refractivity contribution in [2.24, 2.45) is 0 Å². The van der Waals surface area contributed by atoms with Crippen LogP contribution < -0.4 is 5.59 Å². The SMILES string of the molecule is [C]1=CN(C2CC2)NO1. The Morgan fingerprint density at radius 1 is 1.75 bits per heavy atom. The molecule has 0 aromatic carbocycles. The van der Waals surface area contributed by atoms with Gasteiger partial charge in [0.1, 0.15) is 0 Å². The number of hydrogen-bond donors (Lipinski definition) is 1. The first-order valence-corrected chi connectivity index (χ1v) is 2.75. The van der Waals surface area contributed by atoms with Crippen molar-refractivity contribution in [2.75, 3.05) is 0 Å². The van der Waals surface area contributed by atoms with E-state index in [1.807, 2.05) is 5.01 Å². The summed E-state index contributed by atoms with van der Waals surface area (Å²) < 4.78 is 0. The first kappa shape index (κ1) is 4.21. The molecule has 0 spiro atoms. The van der Waals surface area contributed by atoms with Crippen LogP contribution in [0.25, 0.3) is 0 Å². The molecule has 0 atom stereocenters. The van der Waals surface area contributed by atoms with Crippen LogP contribution in [-0.4, -0.2) is 11.1 Å². The van der Waals surface area contributed by atoms with Crippen LogP contribution in [0.1, 0.15) is 12.8 Å². The molecule has 0 unspecified atom stereocenters. The molecular formula is C5H7N2O. The monoisotopic (exact) mass is 111 g/mol. The highest BCUT2D eigenvalue weighted by molar-refractivity contribution is 4.87. The van der Waals surface area contributed by atoms with Crippen LogP contribution >= 0.6 is 0 Å². The molecule has 0 aromatic rings. The van der Waals surface area contributed by atoms with Crippen molar-refractivity contribution in [3.05, 3.63) is 12.5 Å². The van der Waals surface area contributed by atoms with E-state index in [0.717, 1.165) is 0 Å². The van der Waals surface area contributed by atoms with Crippen molar-refractivity contribution in [3.63, 3.8) is 0 Å². The van der Waals surface area contributed by atoms with Crippen molar-refractivity contribution < 1.29 is 4.84 Å². The van der Waals surface area contributed by atoms with Crippen LogP contribution in [0, 0.1) is 6.26 Å². The van der Waals surface area contributed by atoms with Crippen molar-refractivity contribution >= 4 is 0 Å².